The van der Waals surface area contributed by atoms with E-state index in [2.05, 4.69) is 20.4 Å². The van der Waals surface area contributed by atoms with Gasteiger partial charge in [-0.3, -0.25) is 9.48 Å². The monoisotopic (exact) mass is 503 g/mol. The van der Waals surface area contributed by atoms with Gasteiger partial charge in [0.05, 0.1) is 17.2 Å². The average Bonchev–Trinajstić information content (AvgIpc) is 3.51. The van der Waals surface area contributed by atoms with E-state index in [9.17, 15) is 20.0 Å². The fourth-order valence-electron chi connectivity index (χ4n) is 3.92. The number of piperidine rings is 1. The molecule has 1 aliphatic heterocycles. The van der Waals surface area contributed by atoms with Gasteiger partial charge in [-0.05, 0) is 19.4 Å². The number of nitriles is 1. The molecule has 0 saturated carbocycles. The Morgan fingerprint density at radius 2 is 2.24 bits per heavy atom. The Morgan fingerprint density at radius 1 is 1.47 bits per heavy atom. The molecule has 0 bridgehead atoms. The number of carboxylic acids is 1. The lowest BCUT2D eigenvalue weighted by Crippen LogP contribution is -2.55. The predicted octanol–water partition coefficient (Wildman–Crippen LogP) is 2.43. The molecule has 3 aromatic rings. The van der Waals surface area contributed by atoms with Gasteiger partial charge in [0.25, 0.3) is 5.91 Å². The summed E-state index contributed by atoms with van der Waals surface area (Å²) in [4.78, 5) is 34.1. The molecular weight excluding hydrogens is 482 g/mol. The van der Waals surface area contributed by atoms with E-state index in [0.717, 1.165) is 11.3 Å². The molecule has 4 rings (SSSR count). The van der Waals surface area contributed by atoms with Gasteiger partial charge >= 0.3 is 5.97 Å². The first kappa shape index (κ1) is 23.7. The zero-order chi connectivity index (χ0) is 24.6. The average molecular weight is 504 g/mol. The topological polar surface area (TPSA) is 149 Å². The van der Waals surface area contributed by atoms with Crippen molar-refractivity contribution in [3.05, 3.63) is 39.1 Å². The van der Waals surface area contributed by atoms with Crippen LogP contribution < -0.4 is 10.2 Å². The summed E-state index contributed by atoms with van der Waals surface area (Å²) in [5.41, 5.74) is 1.58. The van der Waals surface area contributed by atoms with Crippen LogP contribution in [-0.2, 0) is 11.8 Å². The summed E-state index contributed by atoms with van der Waals surface area (Å²) in [6, 6.07) is 3.36. The number of aromatic amines is 1. The first-order valence-corrected chi connectivity index (χ1v) is 11.5. The van der Waals surface area contributed by atoms with Crippen molar-refractivity contribution < 1.29 is 19.4 Å². The number of H-pyrrole nitrogens is 1. The number of aryl methyl sites for hydroxylation is 2. The number of thiazole rings is 1. The number of anilines is 1. The standard InChI is InChI=1S/C21H22ClN7O4S/c1-10-15(22)11(8-23)16(24-10)19(30)25-12-5-7-29(9-14(12)33-3)21-26-17(18(34-21)20(31)32)13-4-6-28(2)27-13/h4,6,12,14,24H,5,7,9H2,1-3H3,(H,25,30)(H,31,32)/t12-,14+/m1/s1. The first-order valence-electron chi connectivity index (χ1n) is 10.3. The van der Waals surface area contributed by atoms with Gasteiger partial charge < -0.3 is 25.0 Å². The number of ether oxygens (including phenoxy) is 1. The fraction of sp³-hybridized carbons (Fsp3) is 0.381. The summed E-state index contributed by atoms with van der Waals surface area (Å²) in [7, 11) is 3.30. The van der Waals surface area contributed by atoms with Crippen molar-refractivity contribution in [2.75, 3.05) is 25.1 Å². The molecule has 0 unspecified atom stereocenters. The maximum absolute atomic E-state index is 12.8. The molecule has 0 aliphatic carbocycles. The van der Waals surface area contributed by atoms with Gasteiger partial charge in [-0.15, -0.1) is 0 Å². The number of amides is 1. The molecule has 1 aliphatic rings. The Hall–Kier alpha value is -3.40. The van der Waals surface area contributed by atoms with Crippen LogP contribution in [0.15, 0.2) is 12.3 Å². The molecular formula is C21H22ClN7O4S. The summed E-state index contributed by atoms with van der Waals surface area (Å²) >= 11 is 7.19. The second-order valence-corrected chi connectivity index (χ2v) is 9.22. The van der Waals surface area contributed by atoms with E-state index in [1.54, 1.807) is 38.0 Å². The van der Waals surface area contributed by atoms with E-state index in [4.69, 9.17) is 16.3 Å². The quantitative estimate of drug-likeness (QED) is 0.464. The van der Waals surface area contributed by atoms with Gasteiger partial charge in [0.15, 0.2) is 5.13 Å². The molecule has 1 fully saturated rings. The Bertz CT molecular complexity index is 1290. The number of methoxy groups -OCH3 is 1. The van der Waals surface area contributed by atoms with Crippen LogP contribution in [0.1, 0.15) is 37.8 Å². The highest BCUT2D eigenvalue weighted by Gasteiger charge is 2.34. The largest absolute Gasteiger partial charge is 0.477 e. The van der Waals surface area contributed by atoms with Crippen molar-refractivity contribution in [2.45, 2.75) is 25.5 Å². The number of hydrogen-bond donors (Lipinski definition) is 3. The highest BCUT2D eigenvalue weighted by atomic mass is 35.5. The minimum Gasteiger partial charge on any atom is -0.477 e. The highest BCUT2D eigenvalue weighted by Crippen LogP contribution is 2.34. The van der Waals surface area contributed by atoms with Gasteiger partial charge in [-0.2, -0.15) is 10.4 Å². The number of hydrogen-bond acceptors (Lipinski definition) is 8. The summed E-state index contributed by atoms with van der Waals surface area (Å²) in [5, 5.41) is 27.0. The van der Waals surface area contributed by atoms with Gasteiger partial charge in [0, 0.05) is 39.1 Å². The third-order valence-corrected chi connectivity index (χ3v) is 7.24. The van der Waals surface area contributed by atoms with Crippen LogP contribution in [0.3, 0.4) is 0 Å². The molecule has 11 nitrogen and oxygen atoms in total. The van der Waals surface area contributed by atoms with Gasteiger partial charge in [0.2, 0.25) is 0 Å². The van der Waals surface area contributed by atoms with Gasteiger partial charge in [-0.25, -0.2) is 9.78 Å². The molecule has 3 aromatic heterocycles. The van der Waals surface area contributed by atoms with Crippen LogP contribution in [0.5, 0.6) is 0 Å². The van der Waals surface area contributed by atoms with E-state index in [0.29, 0.717) is 41.7 Å². The Morgan fingerprint density at radius 3 is 2.85 bits per heavy atom. The zero-order valence-corrected chi connectivity index (χ0v) is 20.2. The molecule has 1 amide bonds. The van der Waals surface area contributed by atoms with Crippen LogP contribution in [0.4, 0.5) is 5.13 Å². The number of carboxylic acid groups (broad SMARTS) is 1. The SMILES string of the molecule is CO[C@H]1CN(c2nc(-c3ccn(C)n3)c(C(=O)O)s2)CC[C@H]1NC(=O)c1[nH]c(C)c(Cl)c1C#N. The molecule has 1 saturated heterocycles. The lowest BCUT2D eigenvalue weighted by Gasteiger charge is -2.37. The normalized spacial score (nSPS) is 18.0. The molecule has 13 heteroatoms. The minimum atomic E-state index is -1.07. The summed E-state index contributed by atoms with van der Waals surface area (Å²) < 4.78 is 7.23. The number of nitrogens with one attached hydrogen (secondary N) is 2. The molecule has 3 N–H and O–H groups in total. The molecule has 0 aromatic carbocycles. The molecule has 2 atom stereocenters. The summed E-state index contributed by atoms with van der Waals surface area (Å²) in [6.45, 7) is 2.61. The van der Waals surface area contributed by atoms with Crippen molar-refractivity contribution >= 4 is 39.9 Å². The maximum atomic E-state index is 12.8. The van der Waals surface area contributed by atoms with Crippen molar-refractivity contribution in [3.63, 3.8) is 0 Å². The Kier molecular flexibility index (Phi) is 6.60. The van der Waals surface area contributed by atoms with Crippen LogP contribution in [0.2, 0.25) is 5.02 Å². The molecule has 178 valence electrons. The molecule has 0 radical (unpaired) electrons. The van der Waals surface area contributed by atoms with E-state index in [-0.39, 0.29) is 33.3 Å². The van der Waals surface area contributed by atoms with Crippen molar-refractivity contribution in [3.8, 4) is 17.5 Å². The number of aromatic nitrogens is 4. The van der Waals surface area contributed by atoms with E-state index in [1.807, 2.05) is 11.0 Å². The third kappa shape index (κ3) is 4.37. The fourth-order valence-corrected chi connectivity index (χ4v) is 5.05. The summed E-state index contributed by atoms with van der Waals surface area (Å²) in [5.74, 6) is -1.50. The smallest absolute Gasteiger partial charge is 0.348 e. The Balaban J connectivity index is 1.52. The maximum Gasteiger partial charge on any atom is 0.348 e. The Labute approximate surface area is 203 Å². The van der Waals surface area contributed by atoms with Crippen molar-refractivity contribution in [1.82, 2.24) is 25.1 Å². The number of nitrogens with zero attached hydrogens (tertiary/aromatic N) is 5. The number of halogens is 1. The van der Waals surface area contributed by atoms with E-state index >= 15 is 0 Å². The lowest BCUT2D eigenvalue weighted by molar-refractivity contribution is 0.0540. The van der Waals surface area contributed by atoms with Crippen molar-refractivity contribution in [1.29, 1.82) is 5.26 Å². The number of carbonyl (C=O) groups excluding carboxylic acids is 1. The van der Waals surface area contributed by atoms with Gasteiger partial charge in [0.1, 0.15) is 33.6 Å². The summed E-state index contributed by atoms with van der Waals surface area (Å²) in [6.07, 6.45) is 1.87. The third-order valence-electron chi connectivity index (χ3n) is 5.67. The molecule has 0 spiro atoms. The van der Waals surface area contributed by atoms with Crippen LogP contribution >= 0.6 is 22.9 Å². The lowest BCUT2D eigenvalue weighted by atomic mass is 10.0. The molecule has 34 heavy (non-hydrogen) atoms. The molecule has 4 heterocycles. The van der Waals surface area contributed by atoms with Crippen LogP contribution in [-0.4, -0.2) is 69.1 Å². The predicted molar refractivity (Wildman–Crippen MR) is 125 cm³/mol. The van der Waals surface area contributed by atoms with Gasteiger partial charge in [-0.1, -0.05) is 22.9 Å². The second kappa shape index (κ2) is 9.46. The van der Waals surface area contributed by atoms with Crippen molar-refractivity contribution in [2.24, 2.45) is 7.05 Å². The number of aromatic carboxylic acids is 1. The van der Waals surface area contributed by atoms with Crippen LogP contribution in [0, 0.1) is 18.3 Å². The number of rotatable bonds is 6. The zero-order valence-electron chi connectivity index (χ0n) is 18.6. The van der Waals surface area contributed by atoms with Crippen LogP contribution in [0.25, 0.3) is 11.4 Å². The number of carbonyl (C=O) groups is 2. The van der Waals surface area contributed by atoms with E-state index < -0.39 is 11.9 Å². The first-order chi connectivity index (χ1) is 16.2. The van der Waals surface area contributed by atoms with E-state index in [1.165, 1.54) is 0 Å². The second-order valence-electron chi connectivity index (χ2n) is 7.87. The minimum absolute atomic E-state index is 0.106. The highest BCUT2D eigenvalue weighted by molar-refractivity contribution is 7.17.